The van der Waals surface area contributed by atoms with Gasteiger partial charge >= 0.3 is 0 Å². The molecule has 0 fully saturated rings. The van der Waals surface area contributed by atoms with Crippen LogP contribution < -0.4 is 10.5 Å². The quantitative estimate of drug-likeness (QED) is 0.874. The van der Waals surface area contributed by atoms with Gasteiger partial charge in [-0.25, -0.2) is 0 Å². The molecule has 88 valence electrons. The fraction of sp³-hybridized carbons (Fsp3) is 0.214. The van der Waals surface area contributed by atoms with E-state index in [1.807, 2.05) is 36.4 Å². The van der Waals surface area contributed by atoms with Crippen molar-refractivity contribution in [2.75, 3.05) is 0 Å². The number of nitrogens with two attached hydrogens (primary N) is 1. The van der Waals surface area contributed by atoms with Crippen LogP contribution in [0.3, 0.4) is 0 Å². The molecular formula is C14H16N2O. The van der Waals surface area contributed by atoms with Gasteiger partial charge in [-0.05, 0) is 36.8 Å². The summed E-state index contributed by atoms with van der Waals surface area (Å²) in [5.74, 6) is 0.857. The summed E-state index contributed by atoms with van der Waals surface area (Å²) in [5.41, 5.74) is 8.77. The zero-order valence-electron chi connectivity index (χ0n) is 9.89. The predicted octanol–water partition coefficient (Wildman–Crippen LogP) is 2.43. The smallest absolute Gasteiger partial charge is 0.130 e. The SMILES string of the molecule is Cc1ccc(OCc2cc(CN)ccn2)cc1. The Bertz CT molecular complexity index is 480. The molecule has 2 N–H and O–H groups in total. The lowest BCUT2D eigenvalue weighted by atomic mass is 10.2. The lowest BCUT2D eigenvalue weighted by Crippen LogP contribution is -2.02. The number of aryl methyl sites for hydroxylation is 1. The summed E-state index contributed by atoms with van der Waals surface area (Å²) >= 11 is 0. The zero-order chi connectivity index (χ0) is 12.1. The van der Waals surface area contributed by atoms with Gasteiger partial charge < -0.3 is 10.5 Å². The van der Waals surface area contributed by atoms with Gasteiger partial charge in [0.25, 0.3) is 0 Å². The Kier molecular flexibility index (Phi) is 3.73. The maximum atomic E-state index is 5.64. The molecule has 1 aromatic carbocycles. The van der Waals surface area contributed by atoms with Crippen LogP contribution in [0.4, 0.5) is 0 Å². The topological polar surface area (TPSA) is 48.1 Å². The maximum Gasteiger partial charge on any atom is 0.130 e. The highest BCUT2D eigenvalue weighted by molar-refractivity contribution is 5.26. The van der Waals surface area contributed by atoms with Gasteiger partial charge in [-0.1, -0.05) is 17.7 Å². The molecule has 0 saturated heterocycles. The molecule has 0 unspecified atom stereocenters. The molecule has 0 bridgehead atoms. The number of pyridine rings is 1. The van der Waals surface area contributed by atoms with Crippen LogP contribution in [0.25, 0.3) is 0 Å². The lowest BCUT2D eigenvalue weighted by Gasteiger charge is -2.06. The average Bonchev–Trinajstić information content (AvgIpc) is 2.38. The predicted molar refractivity (Wildman–Crippen MR) is 67.6 cm³/mol. The number of hydrogen-bond donors (Lipinski definition) is 1. The van der Waals surface area contributed by atoms with Gasteiger partial charge in [0.15, 0.2) is 0 Å². The van der Waals surface area contributed by atoms with E-state index in [1.165, 1.54) is 5.56 Å². The van der Waals surface area contributed by atoms with E-state index in [2.05, 4.69) is 11.9 Å². The summed E-state index contributed by atoms with van der Waals surface area (Å²) in [6.07, 6.45) is 1.76. The second-order valence-electron chi connectivity index (χ2n) is 3.96. The molecule has 1 heterocycles. The summed E-state index contributed by atoms with van der Waals surface area (Å²) in [6, 6.07) is 11.9. The summed E-state index contributed by atoms with van der Waals surface area (Å²) in [6.45, 7) is 3.05. The molecule has 0 amide bonds. The minimum Gasteiger partial charge on any atom is -0.487 e. The van der Waals surface area contributed by atoms with Gasteiger partial charge in [-0.3, -0.25) is 4.98 Å². The highest BCUT2D eigenvalue weighted by Crippen LogP contribution is 2.13. The van der Waals surface area contributed by atoms with Gasteiger partial charge in [-0.15, -0.1) is 0 Å². The van der Waals surface area contributed by atoms with E-state index >= 15 is 0 Å². The zero-order valence-corrected chi connectivity index (χ0v) is 9.89. The summed E-state index contributed by atoms with van der Waals surface area (Å²) in [5, 5.41) is 0. The lowest BCUT2D eigenvalue weighted by molar-refractivity contribution is 0.301. The van der Waals surface area contributed by atoms with Crippen LogP contribution in [0.5, 0.6) is 5.75 Å². The van der Waals surface area contributed by atoms with E-state index in [4.69, 9.17) is 10.5 Å². The molecule has 1 aromatic heterocycles. The van der Waals surface area contributed by atoms with E-state index in [0.29, 0.717) is 13.2 Å². The van der Waals surface area contributed by atoms with Crippen molar-refractivity contribution in [3.63, 3.8) is 0 Å². The number of rotatable bonds is 4. The maximum absolute atomic E-state index is 5.64. The molecule has 0 saturated carbocycles. The Morgan fingerprint density at radius 3 is 2.65 bits per heavy atom. The molecule has 17 heavy (non-hydrogen) atoms. The van der Waals surface area contributed by atoms with Crippen LogP contribution in [0.1, 0.15) is 16.8 Å². The third-order valence-electron chi connectivity index (χ3n) is 2.52. The van der Waals surface area contributed by atoms with Gasteiger partial charge in [0.1, 0.15) is 12.4 Å². The van der Waals surface area contributed by atoms with Gasteiger partial charge in [-0.2, -0.15) is 0 Å². The number of benzene rings is 1. The molecule has 0 aliphatic rings. The van der Waals surface area contributed by atoms with Gasteiger partial charge in [0.05, 0.1) is 5.69 Å². The Morgan fingerprint density at radius 2 is 1.94 bits per heavy atom. The highest BCUT2D eigenvalue weighted by Gasteiger charge is 1.98. The van der Waals surface area contributed by atoms with E-state index in [-0.39, 0.29) is 0 Å². The van der Waals surface area contributed by atoms with Crippen molar-refractivity contribution in [3.8, 4) is 5.75 Å². The van der Waals surface area contributed by atoms with Crippen molar-refractivity contribution in [2.45, 2.75) is 20.1 Å². The average molecular weight is 228 g/mol. The van der Waals surface area contributed by atoms with Crippen LogP contribution in [0, 0.1) is 6.92 Å². The Hall–Kier alpha value is -1.87. The van der Waals surface area contributed by atoms with E-state index in [0.717, 1.165) is 17.0 Å². The van der Waals surface area contributed by atoms with Crippen molar-refractivity contribution in [3.05, 3.63) is 59.4 Å². The fourth-order valence-electron chi connectivity index (χ4n) is 1.53. The molecular weight excluding hydrogens is 212 g/mol. The molecule has 3 nitrogen and oxygen atoms in total. The molecule has 0 aliphatic carbocycles. The van der Waals surface area contributed by atoms with Crippen molar-refractivity contribution in [2.24, 2.45) is 5.73 Å². The minimum absolute atomic E-state index is 0.469. The molecule has 0 atom stereocenters. The molecule has 3 heteroatoms. The van der Waals surface area contributed by atoms with Gasteiger partial charge in [0, 0.05) is 12.7 Å². The van der Waals surface area contributed by atoms with Gasteiger partial charge in [0.2, 0.25) is 0 Å². The second-order valence-corrected chi connectivity index (χ2v) is 3.96. The van der Waals surface area contributed by atoms with Crippen molar-refractivity contribution in [1.82, 2.24) is 4.98 Å². The first kappa shape index (κ1) is 11.6. The Balaban J connectivity index is 1.99. The molecule has 0 radical (unpaired) electrons. The number of hydrogen-bond acceptors (Lipinski definition) is 3. The van der Waals surface area contributed by atoms with Crippen LogP contribution >= 0.6 is 0 Å². The molecule has 2 rings (SSSR count). The Labute approximate surface area is 101 Å². The standard InChI is InChI=1S/C14H16N2O/c1-11-2-4-14(5-3-11)17-10-13-8-12(9-15)6-7-16-13/h2-8H,9-10,15H2,1H3. The summed E-state index contributed by atoms with van der Waals surface area (Å²) in [7, 11) is 0. The van der Waals surface area contributed by atoms with Crippen LogP contribution in [0.2, 0.25) is 0 Å². The normalized spacial score (nSPS) is 10.2. The minimum atomic E-state index is 0.469. The van der Waals surface area contributed by atoms with Crippen molar-refractivity contribution in [1.29, 1.82) is 0 Å². The third-order valence-corrected chi connectivity index (χ3v) is 2.52. The summed E-state index contributed by atoms with van der Waals surface area (Å²) in [4.78, 5) is 4.24. The fourth-order valence-corrected chi connectivity index (χ4v) is 1.53. The Morgan fingerprint density at radius 1 is 1.18 bits per heavy atom. The first-order chi connectivity index (χ1) is 8.28. The van der Waals surface area contributed by atoms with Crippen LogP contribution in [-0.2, 0) is 13.2 Å². The van der Waals surface area contributed by atoms with E-state index in [1.54, 1.807) is 6.20 Å². The number of nitrogens with zero attached hydrogens (tertiary/aromatic N) is 1. The van der Waals surface area contributed by atoms with E-state index in [9.17, 15) is 0 Å². The summed E-state index contributed by atoms with van der Waals surface area (Å²) < 4.78 is 5.64. The first-order valence-corrected chi connectivity index (χ1v) is 5.61. The second kappa shape index (κ2) is 5.46. The van der Waals surface area contributed by atoms with Crippen LogP contribution in [0.15, 0.2) is 42.6 Å². The third kappa shape index (κ3) is 3.29. The number of aromatic nitrogens is 1. The molecule has 2 aromatic rings. The molecule has 0 spiro atoms. The largest absolute Gasteiger partial charge is 0.487 e. The van der Waals surface area contributed by atoms with Crippen molar-refractivity contribution < 1.29 is 4.74 Å². The highest BCUT2D eigenvalue weighted by atomic mass is 16.5. The van der Waals surface area contributed by atoms with Crippen molar-refractivity contribution >= 4 is 0 Å². The first-order valence-electron chi connectivity index (χ1n) is 5.61. The van der Waals surface area contributed by atoms with Crippen LogP contribution in [-0.4, -0.2) is 4.98 Å². The molecule has 0 aliphatic heterocycles. The monoisotopic (exact) mass is 228 g/mol. The number of ether oxygens (including phenoxy) is 1. The van der Waals surface area contributed by atoms with E-state index < -0.39 is 0 Å².